The van der Waals surface area contributed by atoms with Crippen molar-refractivity contribution in [2.24, 2.45) is 0 Å². The van der Waals surface area contributed by atoms with Gasteiger partial charge >= 0.3 is 0 Å². The minimum atomic E-state index is 0.886. The van der Waals surface area contributed by atoms with E-state index in [1.807, 2.05) is 26.0 Å². The van der Waals surface area contributed by atoms with Gasteiger partial charge < -0.3 is 4.74 Å². The fourth-order valence-corrected chi connectivity index (χ4v) is 0.429. The van der Waals surface area contributed by atoms with Gasteiger partial charge in [0.1, 0.15) is 0 Å². The lowest BCUT2D eigenvalue weighted by atomic mass is 10.2. The Kier molecular flexibility index (Phi) is 5.54. The number of rotatable bonds is 4. The molecule has 0 spiro atoms. The molecule has 0 aromatic rings. The first-order chi connectivity index (χ1) is 4.77. The number of hydrogen-bond donors (Lipinski definition) is 0. The van der Waals surface area contributed by atoms with E-state index in [-0.39, 0.29) is 0 Å². The van der Waals surface area contributed by atoms with E-state index in [0.717, 1.165) is 12.0 Å². The summed E-state index contributed by atoms with van der Waals surface area (Å²) in [5.74, 6) is 0. The second kappa shape index (κ2) is 6.14. The summed E-state index contributed by atoms with van der Waals surface area (Å²) in [7, 11) is 0. The molecular weight excluding hydrogens is 124 g/mol. The van der Waals surface area contributed by atoms with Crippen molar-refractivity contribution in [3.8, 4) is 0 Å². The molecule has 0 aromatic heterocycles. The second-order valence-electron chi connectivity index (χ2n) is 2.14. The van der Waals surface area contributed by atoms with Crippen LogP contribution in [0.1, 0.15) is 20.3 Å². The Morgan fingerprint density at radius 1 is 1.50 bits per heavy atom. The fourth-order valence-electron chi connectivity index (χ4n) is 0.429. The van der Waals surface area contributed by atoms with Crippen LogP contribution >= 0.6 is 0 Å². The summed E-state index contributed by atoms with van der Waals surface area (Å²) in [4.78, 5) is 0. The molecule has 0 rings (SSSR count). The smallest absolute Gasteiger partial charge is 0.0864 e. The van der Waals surface area contributed by atoms with Gasteiger partial charge in [-0.2, -0.15) is 0 Å². The maximum Gasteiger partial charge on any atom is 0.0864 e. The zero-order chi connectivity index (χ0) is 7.82. The van der Waals surface area contributed by atoms with Crippen LogP contribution < -0.4 is 0 Å². The molecule has 0 amide bonds. The quantitative estimate of drug-likeness (QED) is 0.428. The van der Waals surface area contributed by atoms with Gasteiger partial charge in [-0.05, 0) is 26.3 Å². The van der Waals surface area contributed by atoms with Gasteiger partial charge in [-0.25, -0.2) is 0 Å². The van der Waals surface area contributed by atoms with Crippen LogP contribution in [-0.2, 0) is 4.74 Å². The molecule has 0 bridgehead atoms. The Balaban J connectivity index is 3.29. The Bertz CT molecular complexity index is 143. The molecule has 0 radical (unpaired) electrons. The maximum atomic E-state index is 4.93. The molecule has 0 aliphatic carbocycles. The van der Waals surface area contributed by atoms with Crippen molar-refractivity contribution in [1.82, 2.24) is 0 Å². The van der Waals surface area contributed by atoms with Gasteiger partial charge in [-0.3, -0.25) is 0 Å². The summed E-state index contributed by atoms with van der Waals surface area (Å²) in [5.41, 5.74) is 1.14. The Morgan fingerprint density at radius 3 is 2.70 bits per heavy atom. The van der Waals surface area contributed by atoms with E-state index in [4.69, 9.17) is 4.74 Å². The van der Waals surface area contributed by atoms with E-state index in [9.17, 15) is 0 Å². The molecule has 1 heteroatoms. The van der Waals surface area contributed by atoms with E-state index in [1.165, 1.54) is 0 Å². The molecule has 0 aliphatic heterocycles. The SMILES string of the molecule is C=C(C)C/C=C/O/C=C/C. The van der Waals surface area contributed by atoms with Gasteiger partial charge in [0.05, 0.1) is 12.5 Å². The van der Waals surface area contributed by atoms with Crippen LogP contribution in [0.2, 0.25) is 0 Å². The van der Waals surface area contributed by atoms with Gasteiger partial charge in [0.2, 0.25) is 0 Å². The molecule has 0 saturated heterocycles. The molecule has 0 fully saturated rings. The second-order valence-corrected chi connectivity index (χ2v) is 2.14. The van der Waals surface area contributed by atoms with E-state index in [1.54, 1.807) is 12.5 Å². The first kappa shape index (κ1) is 9.02. The molecule has 0 unspecified atom stereocenters. The Hall–Kier alpha value is -0.980. The summed E-state index contributed by atoms with van der Waals surface area (Å²) < 4.78 is 4.93. The average Bonchev–Trinajstić information content (AvgIpc) is 1.87. The monoisotopic (exact) mass is 138 g/mol. The molecular formula is C9H14O. The number of ether oxygens (including phenoxy) is 1. The topological polar surface area (TPSA) is 9.23 Å². The van der Waals surface area contributed by atoms with Crippen molar-refractivity contribution < 1.29 is 4.74 Å². The van der Waals surface area contributed by atoms with Crippen molar-refractivity contribution in [1.29, 1.82) is 0 Å². The molecule has 1 nitrogen and oxygen atoms in total. The minimum absolute atomic E-state index is 0.886. The van der Waals surface area contributed by atoms with Gasteiger partial charge in [0, 0.05) is 0 Å². The molecule has 0 heterocycles. The molecule has 0 saturated carbocycles. The van der Waals surface area contributed by atoms with E-state index in [0.29, 0.717) is 0 Å². The van der Waals surface area contributed by atoms with E-state index < -0.39 is 0 Å². The highest BCUT2D eigenvalue weighted by molar-refractivity contribution is 4.96. The van der Waals surface area contributed by atoms with Gasteiger partial charge in [-0.1, -0.05) is 18.2 Å². The lowest BCUT2D eigenvalue weighted by Gasteiger charge is -1.89. The van der Waals surface area contributed by atoms with E-state index >= 15 is 0 Å². The van der Waals surface area contributed by atoms with Crippen molar-refractivity contribution in [3.63, 3.8) is 0 Å². The minimum Gasteiger partial charge on any atom is -0.473 e. The third kappa shape index (κ3) is 7.02. The fraction of sp³-hybridized carbons (Fsp3) is 0.333. The van der Waals surface area contributed by atoms with Gasteiger partial charge in [-0.15, -0.1) is 0 Å². The summed E-state index contributed by atoms with van der Waals surface area (Å²) in [5, 5.41) is 0. The van der Waals surface area contributed by atoms with Crippen molar-refractivity contribution in [3.05, 3.63) is 36.8 Å². The van der Waals surface area contributed by atoms with Crippen LogP contribution in [0, 0.1) is 0 Å². The summed E-state index contributed by atoms with van der Waals surface area (Å²) in [6, 6.07) is 0. The largest absolute Gasteiger partial charge is 0.473 e. The third-order valence-corrected chi connectivity index (χ3v) is 0.856. The normalized spacial score (nSPS) is 11.0. The Morgan fingerprint density at radius 2 is 2.20 bits per heavy atom. The highest BCUT2D eigenvalue weighted by Crippen LogP contribution is 1.95. The third-order valence-electron chi connectivity index (χ3n) is 0.856. The van der Waals surface area contributed by atoms with Crippen LogP contribution in [0.4, 0.5) is 0 Å². The zero-order valence-electron chi connectivity index (χ0n) is 6.63. The highest BCUT2D eigenvalue weighted by atomic mass is 16.5. The lowest BCUT2D eigenvalue weighted by Crippen LogP contribution is -1.68. The summed E-state index contributed by atoms with van der Waals surface area (Å²) in [6.45, 7) is 7.64. The summed E-state index contributed by atoms with van der Waals surface area (Å²) in [6.07, 6.45) is 7.95. The average molecular weight is 138 g/mol. The highest BCUT2D eigenvalue weighted by Gasteiger charge is 1.76. The molecule has 10 heavy (non-hydrogen) atoms. The number of hydrogen-bond acceptors (Lipinski definition) is 1. The van der Waals surface area contributed by atoms with Crippen LogP contribution in [-0.4, -0.2) is 0 Å². The molecule has 0 aliphatic rings. The van der Waals surface area contributed by atoms with Gasteiger partial charge in [0.15, 0.2) is 0 Å². The Labute approximate surface area is 62.7 Å². The zero-order valence-corrected chi connectivity index (χ0v) is 6.63. The predicted molar refractivity (Wildman–Crippen MR) is 44.5 cm³/mol. The van der Waals surface area contributed by atoms with E-state index in [2.05, 4.69) is 6.58 Å². The molecule has 56 valence electrons. The predicted octanol–water partition coefficient (Wildman–Crippen LogP) is 3.02. The van der Waals surface area contributed by atoms with Crippen LogP contribution in [0.3, 0.4) is 0 Å². The first-order valence-electron chi connectivity index (χ1n) is 3.33. The van der Waals surface area contributed by atoms with Crippen molar-refractivity contribution in [2.75, 3.05) is 0 Å². The van der Waals surface area contributed by atoms with Crippen LogP contribution in [0.25, 0.3) is 0 Å². The molecule has 0 N–H and O–H groups in total. The molecule has 0 aromatic carbocycles. The number of allylic oxidation sites excluding steroid dienone is 3. The van der Waals surface area contributed by atoms with Crippen LogP contribution in [0.15, 0.2) is 36.8 Å². The maximum absolute atomic E-state index is 4.93. The first-order valence-corrected chi connectivity index (χ1v) is 3.33. The summed E-state index contributed by atoms with van der Waals surface area (Å²) >= 11 is 0. The van der Waals surface area contributed by atoms with Crippen LogP contribution in [0.5, 0.6) is 0 Å². The molecule has 0 atom stereocenters. The van der Waals surface area contributed by atoms with Crippen molar-refractivity contribution >= 4 is 0 Å². The van der Waals surface area contributed by atoms with Gasteiger partial charge in [0.25, 0.3) is 0 Å². The van der Waals surface area contributed by atoms with Crippen molar-refractivity contribution in [2.45, 2.75) is 20.3 Å². The lowest BCUT2D eigenvalue weighted by molar-refractivity contribution is 0.400. The standard InChI is InChI=1S/C9H14O/c1-4-7-10-8-5-6-9(2)3/h4-5,7-8H,2,6H2,1,3H3/b7-4+,8-5+.